The molecule has 0 atom stereocenters. The third kappa shape index (κ3) is 1.83. The van der Waals surface area contributed by atoms with Crippen molar-refractivity contribution in [3.8, 4) is 5.75 Å². The first-order valence-corrected chi connectivity index (χ1v) is 5.93. The monoisotopic (exact) mass is 273 g/mol. The lowest BCUT2D eigenvalue weighted by atomic mass is 10.1. The van der Waals surface area contributed by atoms with E-state index in [-0.39, 0.29) is 6.54 Å². The van der Waals surface area contributed by atoms with E-state index in [2.05, 4.69) is 10.1 Å². The van der Waals surface area contributed by atoms with Crippen molar-refractivity contribution < 1.29 is 18.8 Å². The molecule has 0 saturated carbocycles. The Labute approximate surface area is 114 Å². The third-order valence-corrected chi connectivity index (χ3v) is 3.05. The van der Waals surface area contributed by atoms with Crippen LogP contribution in [0.4, 0.5) is 5.69 Å². The standard InChI is InChI=1S/C13H11N3O4/c1-7-14-11(15-20-7)6-16-10-4-3-8(19-2)5-9(10)12(17)13(16)18/h3-5H,6H2,1-2H3. The lowest BCUT2D eigenvalue weighted by molar-refractivity contribution is -0.114. The van der Waals surface area contributed by atoms with E-state index in [1.54, 1.807) is 25.1 Å². The number of amides is 1. The second kappa shape index (κ2) is 4.44. The van der Waals surface area contributed by atoms with Crippen LogP contribution in [0.1, 0.15) is 22.1 Å². The number of hydrogen-bond acceptors (Lipinski definition) is 6. The van der Waals surface area contributed by atoms with Gasteiger partial charge in [-0.1, -0.05) is 5.16 Å². The molecule has 1 aromatic carbocycles. The molecular weight excluding hydrogens is 262 g/mol. The van der Waals surface area contributed by atoms with Crippen LogP contribution in [0.25, 0.3) is 0 Å². The van der Waals surface area contributed by atoms with Crippen molar-refractivity contribution in [3.05, 3.63) is 35.5 Å². The summed E-state index contributed by atoms with van der Waals surface area (Å²) in [5.74, 6) is 0.136. The number of Topliss-reactive ketones (excluding diaryl/α,β-unsaturated/α-hetero) is 1. The van der Waals surface area contributed by atoms with E-state index in [0.717, 1.165) is 0 Å². The summed E-state index contributed by atoms with van der Waals surface area (Å²) < 4.78 is 9.92. The Hall–Kier alpha value is -2.70. The zero-order chi connectivity index (χ0) is 14.3. The van der Waals surface area contributed by atoms with Gasteiger partial charge in [-0.25, -0.2) is 0 Å². The number of fused-ring (bicyclic) bond motifs is 1. The number of ether oxygens (including phenoxy) is 1. The Balaban J connectivity index is 1.98. The lowest BCUT2D eigenvalue weighted by Gasteiger charge is -2.14. The predicted molar refractivity (Wildman–Crippen MR) is 67.5 cm³/mol. The van der Waals surface area contributed by atoms with E-state index < -0.39 is 11.7 Å². The maximum atomic E-state index is 12.0. The molecule has 7 heteroatoms. The molecule has 1 aliphatic rings. The fraction of sp³-hybridized carbons (Fsp3) is 0.231. The molecular formula is C13H11N3O4. The van der Waals surface area contributed by atoms with Gasteiger partial charge in [-0.15, -0.1) is 0 Å². The maximum absolute atomic E-state index is 12.0. The first kappa shape index (κ1) is 12.3. The summed E-state index contributed by atoms with van der Waals surface area (Å²) in [5.41, 5.74) is 0.859. The molecule has 7 nitrogen and oxygen atoms in total. The zero-order valence-corrected chi connectivity index (χ0v) is 10.9. The molecule has 3 rings (SSSR count). The van der Waals surface area contributed by atoms with Gasteiger partial charge >= 0.3 is 0 Å². The van der Waals surface area contributed by atoms with Crippen LogP contribution in [0.5, 0.6) is 5.75 Å². The average molecular weight is 273 g/mol. The van der Waals surface area contributed by atoms with Gasteiger partial charge in [0, 0.05) is 6.92 Å². The zero-order valence-electron chi connectivity index (χ0n) is 10.9. The van der Waals surface area contributed by atoms with Crippen LogP contribution in [0.3, 0.4) is 0 Å². The SMILES string of the molecule is COc1ccc2c(c1)C(=O)C(=O)N2Cc1noc(C)n1. The second-order valence-corrected chi connectivity index (χ2v) is 4.33. The number of rotatable bonds is 3. The van der Waals surface area contributed by atoms with Crippen molar-refractivity contribution in [1.82, 2.24) is 10.1 Å². The highest BCUT2D eigenvalue weighted by Gasteiger charge is 2.36. The molecule has 0 radical (unpaired) electrons. The number of benzene rings is 1. The van der Waals surface area contributed by atoms with Crippen LogP contribution < -0.4 is 9.64 Å². The highest BCUT2D eigenvalue weighted by molar-refractivity contribution is 6.52. The van der Waals surface area contributed by atoms with E-state index in [0.29, 0.717) is 28.7 Å². The maximum Gasteiger partial charge on any atom is 0.299 e. The number of ketones is 1. The Morgan fingerprint density at radius 2 is 2.15 bits per heavy atom. The topological polar surface area (TPSA) is 85.5 Å². The van der Waals surface area contributed by atoms with Crippen molar-refractivity contribution >= 4 is 17.4 Å². The quantitative estimate of drug-likeness (QED) is 0.779. The molecule has 0 N–H and O–H groups in total. The normalized spacial score (nSPS) is 13.8. The third-order valence-electron chi connectivity index (χ3n) is 3.05. The van der Waals surface area contributed by atoms with E-state index >= 15 is 0 Å². The molecule has 0 spiro atoms. The van der Waals surface area contributed by atoms with Gasteiger partial charge in [0.2, 0.25) is 5.89 Å². The number of aromatic nitrogens is 2. The summed E-state index contributed by atoms with van der Waals surface area (Å²) in [4.78, 5) is 29.3. The van der Waals surface area contributed by atoms with Crippen molar-refractivity contribution in [2.45, 2.75) is 13.5 Å². The van der Waals surface area contributed by atoms with Crippen LogP contribution in [0.15, 0.2) is 22.7 Å². The van der Waals surface area contributed by atoms with Gasteiger partial charge in [-0.05, 0) is 18.2 Å². The molecule has 102 valence electrons. The smallest absolute Gasteiger partial charge is 0.299 e. The van der Waals surface area contributed by atoms with E-state index in [1.807, 2.05) is 0 Å². The van der Waals surface area contributed by atoms with E-state index in [1.165, 1.54) is 12.0 Å². The van der Waals surface area contributed by atoms with E-state index in [9.17, 15) is 9.59 Å². The summed E-state index contributed by atoms with van der Waals surface area (Å²) in [6, 6.07) is 4.92. The molecule has 0 saturated heterocycles. The van der Waals surface area contributed by atoms with Gasteiger partial charge in [0.1, 0.15) is 5.75 Å². The summed E-state index contributed by atoms with van der Waals surface area (Å²) >= 11 is 0. The predicted octanol–water partition coefficient (Wildman–Crippen LogP) is 1.12. The van der Waals surface area contributed by atoms with Crippen LogP contribution in [0.2, 0.25) is 0 Å². The van der Waals surface area contributed by atoms with Crippen molar-refractivity contribution in [2.24, 2.45) is 0 Å². The Morgan fingerprint density at radius 1 is 1.35 bits per heavy atom. The largest absolute Gasteiger partial charge is 0.497 e. The molecule has 1 aromatic heterocycles. The fourth-order valence-electron chi connectivity index (χ4n) is 2.11. The highest BCUT2D eigenvalue weighted by Crippen LogP contribution is 2.32. The summed E-state index contributed by atoms with van der Waals surface area (Å²) in [5, 5.41) is 3.73. The van der Waals surface area contributed by atoms with Gasteiger partial charge in [0.15, 0.2) is 5.82 Å². The van der Waals surface area contributed by atoms with Gasteiger partial charge < -0.3 is 9.26 Å². The number of carbonyl (C=O) groups is 2. The van der Waals surface area contributed by atoms with Crippen LogP contribution in [-0.2, 0) is 11.3 Å². The van der Waals surface area contributed by atoms with Gasteiger partial charge in [0.25, 0.3) is 11.7 Å². The highest BCUT2D eigenvalue weighted by atomic mass is 16.5. The van der Waals surface area contributed by atoms with Gasteiger partial charge in [0.05, 0.1) is 24.9 Å². The summed E-state index contributed by atoms with van der Waals surface area (Å²) in [7, 11) is 1.50. The Morgan fingerprint density at radius 3 is 2.80 bits per heavy atom. The van der Waals surface area contributed by atoms with Crippen molar-refractivity contribution in [1.29, 1.82) is 0 Å². The molecule has 20 heavy (non-hydrogen) atoms. The molecule has 2 heterocycles. The van der Waals surface area contributed by atoms with Crippen LogP contribution in [0, 0.1) is 6.92 Å². The molecule has 1 amide bonds. The Kier molecular flexibility index (Phi) is 2.74. The summed E-state index contributed by atoms with van der Waals surface area (Å²) in [6.45, 7) is 1.76. The first-order chi connectivity index (χ1) is 9.60. The second-order valence-electron chi connectivity index (χ2n) is 4.33. The van der Waals surface area contributed by atoms with Crippen molar-refractivity contribution in [2.75, 3.05) is 12.0 Å². The number of carbonyl (C=O) groups excluding carboxylic acids is 2. The first-order valence-electron chi connectivity index (χ1n) is 5.93. The molecule has 0 bridgehead atoms. The number of hydrogen-bond donors (Lipinski definition) is 0. The molecule has 0 fully saturated rings. The molecule has 1 aliphatic heterocycles. The minimum Gasteiger partial charge on any atom is -0.497 e. The number of methoxy groups -OCH3 is 1. The van der Waals surface area contributed by atoms with Crippen LogP contribution in [-0.4, -0.2) is 28.9 Å². The summed E-state index contributed by atoms with van der Waals surface area (Å²) in [6.07, 6.45) is 0. The number of anilines is 1. The number of aryl methyl sites for hydroxylation is 1. The minimum absolute atomic E-state index is 0.0985. The van der Waals surface area contributed by atoms with Gasteiger partial charge in [-0.2, -0.15) is 4.98 Å². The van der Waals surface area contributed by atoms with Gasteiger partial charge in [-0.3, -0.25) is 14.5 Å². The molecule has 2 aromatic rings. The fourth-order valence-corrected chi connectivity index (χ4v) is 2.11. The molecule has 0 unspecified atom stereocenters. The molecule has 0 aliphatic carbocycles. The van der Waals surface area contributed by atoms with E-state index in [4.69, 9.17) is 9.26 Å². The van der Waals surface area contributed by atoms with Crippen molar-refractivity contribution in [3.63, 3.8) is 0 Å². The minimum atomic E-state index is -0.601. The average Bonchev–Trinajstić information content (AvgIpc) is 2.96. The Bertz CT molecular complexity index is 707. The lowest BCUT2D eigenvalue weighted by Crippen LogP contribution is -2.29. The van der Waals surface area contributed by atoms with Crippen LogP contribution >= 0.6 is 0 Å². The number of nitrogens with zero attached hydrogens (tertiary/aromatic N) is 3.